The van der Waals surface area contributed by atoms with Crippen LogP contribution in [0.25, 0.3) is 0 Å². The molecule has 0 fully saturated rings. The number of nitrogens with one attached hydrogen (secondary N) is 1. The fraction of sp³-hybridized carbons (Fsp3) is 0.462. The molecule has 1 rings (SSSR count). The Morgan fingerprint density at radius 1 is 1.40 bits per heavy atom. The van der Waals surface area contributed by atoms with Gasteiger partial charge >= 0.3 is 6.18 Å². The van der Waals surface area contributed by atoms with E-state index in [1.165, 1.54) is 16.7 Å². The van der Waals surface area contributed by atoms with E-state index in [0.29, 0.717) is 22.6 Å². The van der Waals surface area contributed by atoms with Crippen LogP contribution in [0.2, 0.25) is 0 Å². The van der Waals surface area contributed by atoms with Crippen molar-refractivity contribution in [3.05, 3.63) is 23.8 Å². The first-order valence-corrected chi connectivity index (χ1v) is 7.35. The number of alkyl halides is 3. The molecule has 1 aromatic carbocycles. The molecule has 0 aliphatic heterocycles. The topological polar surface area (TPSA) is 53.1 Å². The number of nitrogen functional groups attached to an aromatic ring is 1. The summed E-state index contributed by atoms with van der Waals surface area (Å²) in [6.07, 6.45) is -1.91. The van der Waals surface area contributed by atoms with Crippen molar-refractivity contribution in [2.45, 2.75) is 24.4 Å². The van der Waals surface area contributed by atoms with Crippen LogP contribution in [0.4, 0.5) is 18.9 Å². The molecule has 0 radical (unpaired) electrons. The van der Waals surface area contributed by atoms with E-state index in [0.717, 1.165) is 0 Å². The summed E-state index contributed by atoms with van der Waals surface area (Å²) in [7, 11) is 0. The second-order valence-electron chi connectivity index (χ2n) is 4.30. The van der Waals surface area contributed by atoms with Crippen molar-refractivity contribution in [3.63, 3.8) is 0 Å². The summed E-state index contributed by atoms with van der Waals surface area (Å²) in [4.78, 5) is 1.94. The summed E-state index contributed by atoms with van der Waals surface area (Å²) >= 11 is 1.36. The van der Waals surface area contributed by atoms with Gasteiger partial charge in [-0.2, -0.15) is 13.2 Å². The van der Waals surface area contributed by atoms with Gasteiger partial charge in [0.2, 0.25) is 0 Å². The molecule has 112 valence electrons. The molecule has 3 nitrogen and oxygen atoms in total. The van der Waals surface area contributed by atoms with Crippen LogP contribution in [0.15, 0.2) is 23.1 Å². The average Bonchev–Trinajstić information content (AvgIpc) is 2.35. The number of rotatable bonds is 6. The number of nitrogens with two attached hydrogens (primary N) is 1. The zero-order chi connectivity index (χ0) is 15.3. The maximum Gasteiger partial charge on any atom is 0.405 e. The number of anilines is 1. The van der Waals surface area contributed by atoms with Gasteiger partial charge in [0.15, 0.2) is 0 Å². The van der Waals surface area contributed by atoms with Crippen molar-refractivity contribution in [1.29, 1.82) is 5.41 Å². The number of halogens is 3. The normalized spacial score (nSPS) is 11.4. The fourth-order valence-corrected chi connectivity index (χ4v) is 2.63. The Bertz CT molecular complexity index is 474. The molecule has 0 saturated carbocycles. The Morgan fingerprint density at radius 3 is 2.50 bits per heavy atom. The average molecular weight is 305 g/mol. The van der Waals surface area contributed by atoms with E-state index in [2.05, 4.69) is 0 Å². The largest absolute Gasteiger partial charge is 0.405 e. The molecule has 3 N–H and O–H groups in total. The van der Waals surface area contributed by atoms with Crippen LogP contribution in [0.5, 0.6) is 0 Å². The van der Waals surface area contributed by atoms with Crippen LogP contribution < -0.4 is 10.6 Å². The molecule has 0 unspecified atom stereocenters. The maximum atomic E-state index is 12.7. The van der Waals surface area contributed by atoms with Crippen LogP contribution in [0.1, 0.15) is 18.9 Å². The molecule has 1 aromatic rings. The van der Waals surface area contributed by atoms with Gasteiger partial charge in [-0.1, -0.05) is 13.0 Å². The first-order chi connectivity index (χ1) is 9.30. The standard InChI is InChI=1S/C13H18F3N3S/c1-3-7-19(8-13(14,15)16)9-5-4-6-10(20-2)11(9)12(17)18/h4-6H,3,7-8H2,1-2H3,(H3,17,18). The SMILES string of the molecule is CCCN(CC(F)(F)F)c1cccc(SC)c1C(=N)N. The van der Waals surface area contributed by atoms with E-state index < -0.39 is 12.7 Å². The number of thioether (sulfide) groups is 1. The highest BCUT2D eigenvalue weighted by atomic mass is 32.2. The third-order valence-corrected chi connectivity index (χ3v) is 3.48. The summed E-state index contributed by atoms with van der Waals surface area (Å²) < 4.78 is 38.1. The third-order valence-electron chi connectivity index (χ3n) is 2.70. The number of hydrogen-bond donors (Lipinski definition) is 2. The highest BCUT2D eigenvalue weighted by molar-refractivity contribution is 7.98. The molecule has 0 amide bonds. The van der Waals surface area contributed by atoms with E-state index in [4.69, 9.17) is 11.1 Å². The Kier molecular flexibility index (Phi) is 5.74. The predicted molar refractivity (Wildman–Crippen MR) is 77.8 cm³/mol. The van der Waals surface area contributed by atoms with E-state index >= 15 is 0 Å². The first-order valence-electron chi connectivity index (χ1n) is 6.13. The highest BCUT2D eigenvalue weighted by Crippen LogP contribution is 2.31. The molecule has 0 aliphatic rings. The van der Waals surface area contributed by atoms with Gasteiger partial charge in [0.05, 0.1) is 5.56 Å². The summed E-state index contributed by atoms with van der Waals surface area (Å²) in [5.41, 5.74) is 6.29. The van der Waals surface area contributed by atoms with Crippen LogP contribution >= 0.6 is 11.8 Å². The quantitative estimate of drug-likeness (QED) is 0.481. The number of amidine groups is 1. The zero-order valence-electron chi connectivity index (χ0n) is 11.4. The van der Waals surface area contributed by atoms with E-state index in [1.807, 2.05) is 6.92 Å². The van der Waals surface area contributed by atoms with Gasteiger partial charge in [0, 0.05) is 17.1 Å². The minimum Gasteiger partial charge on any atom is -0.384 e. The van der Waals surface area contributed by atoms with Crippen LogP contribution in [0, 0.1) is 5.41 Å². The van der Waals surface area contributed by atoms with Crippen molar-refractivity contribution in [1.82, 2.24) is 0 Å². The van der Waals surface area contributed by atoms with Gasteiger partial charge in [-0.3, -0.25) is 5.41 Å². The van der Waals surface area contributed by atoms with Crippen molar-refractivity contribution in [3.8, 4) is 0 Å². The summed E-state index contributed by atoms with van der Waals surface area (Å²) in [5, 5.41) is 7.63. The Hall–Kier alpha value is -1.37. The lowest BCUT2D eigenvalue weighted by molar-refractivity contribution is -0.119. The van der Waals surface area contributed by atoms with E-state index in [-0.39, 0.29) is 12.4 Å². The van der Waals surface area contributed by atoms with Crippen LogP contribution in [-0.4, -0.2) is 31.4 Å². The van der Waals surface area contributed by atoms with Crippen molar-refractivity contribution >= 4 is 23.3 Å². The molecular weight excluding hydrogens is 287 g/mol. The third kappa shape index (κ3) is 4.33. The predicted octanol–water partition coefficient (Wildman–Crippen LogP) is 3.47. The number of benzene rings is 1. The van der Waals surface area contributed by atoms with Gasteiger partial charge in [0.25, 0.3) is 0 Å². The Morgan fingerprint density at radius 2 is 2.05 bits per heavy atom. The lowest BCUT2D eigenvalue weighted by atomic mass is 10.1. The smallest absolute Gasteiger partial charge is 0.384 e. The van der Waals surface area contributed by atoms with Gasteiger partial charge in [-0.05, 0) is 24.8 Å². The van der Waals surface area contributed by atoms with E-state index in [9.17, 15) is 13.2 Å². The minimum absolute atomic E-state index is 0.215. The second kappa shape index (κ2) is 6.88. The highest BCUT2D eigenvalue weighted by Gasteiger charge is 2.31. The Balaban J connectivity index is 3.28. The van der Waals surface area contributed by atoms with Crippen molar-refractivity contribution < 1.29 is 13.2 Å². The molecule has 0 heterocycles. The summed E-state index contributed by atoms with van der Waals surface area (Å²) in [6, 6.07) is 5.02. The number of nitrogens with zero attached hydrogens (tertiary/aromatic N) is 1. The van der Waals surface area contributed by atoms with Crippen molar-refractivity contribution in [2.75, 3.05) is 24.2 Å². The van der Waals surface area contributed by atoms with Gasteiger partial charge in [-0.25, -0.2) is 0 Å². The van der Waals surface area contributed by atoms with Crippen LogP contribution in [-0.2, 0) is 0 Å². The molecule has 0 spiro atoms. The van der Waals surface area contributed by atoms with Gasteiger partial charge in [0.1, 0.15) is 12.4 Å². The molecule has 0 atom stereocenters. The summed E-state index contributed by atoms with van der Waals surface area (Å²) in [6.45, 7) is 1.03. The molecule has 0 saturated heterocycles. The lowest BCUT2D eigenvalue weighted by Crippen LogP contribution is -2.36. The molecule has 0 aliphatic carbocycles. The lowest BCUT2D eigenvalue weighted by Gasteiger charge is -2.28. The summed E-state index contributed by atoms with van der Waals surface area (Å²) in [5.74, 6) is -0.215. The molecular formula is C13H18F3N3S. The van der Waals surface area contributed by atoms with Gasteiger partial charge < -0.3 is 10.6 Å². The molecule has 0 aromatic heterocycles. The second-order valence-corrected chi connectivity index (χ2v) is 5.15. The first kappa shape index (κ1) is 16.7. The fourth-order valence-electron chi connectivity index (χ4n) is 1.99. The molecule has 0 bridgehead atoms. The van der Waals surface area contributed by atoms with Gasteiger partial charge in [-0.15, -0.1) is 11.8 Å². The Labute approximate surface area is 120 Å². The monoisotopic (exact) mass is 305 g/mol. The van der Waals surface area contributed by atoms with Crippen molar-refractivity contribution in [2.24, 2.45) is 5.73 Å². The maximum absolute atomic E-state index is 12.7. The minimum atomic E-state index is -4.29. The van der Waals surface area contributed by atoms with Crippen LogP contribution in [0.3, 0.4) is 0 Å². The molecule has 7 heteroatoms. The zero-order valence-corrected chi connectivity index (χ0v) is 12.2. The molecule has 20 heavy (non-hydrogen) atoms. The number of hydrogen-bond acceptors (Lipinski definition) is 3. The van der Waals surface area contributed by atoms with E-state index in [1.54, 1.807) is 24.5 Å².